The zero-order valence-corrected chi connectivity index (χ0v) is 11.7. The Morgan fingerprint density at radius 1 is 1.14 bits per heavy atom. The van der Waals surface area contributed by atoms with Gasteiger partial charge in [0.15, 0.2) is 5.43 Å². The fraction of sp³-hybridized carbons (Fsp3) is 0.0588. The lowest BCUT2D eigenvalue weighted by Gasteiger charge is -2.06. The topological polar surface area (TPSA) is 59.2 Å². The van der Waals surface area contributed by atoms with Gasteiger partial charge in [-0.15, -0.1) is 0 Å². The highest BCUT2D eigenvalue weighted by Gasteiger charge is 2.10. The summed E-state index contributed by atoms with van der Waals surface area (Å²) in [5.74, 6) is -0.880. The molecule has 0 atom stereocenters. The molecule has 0 radical (unpaired) electrons. The first-order valence-electron chi connectivity index (χ1n) is 6.60. The maximum absolute atomic E-state index is 13.3. The van der Waals surface area contributed by atoms with Gasteiger partial charge in [-0.3, -0.25) is 4.79 Å². The van der Waals surface area contributed by atoms with Crippen LogP contribution in [0.25, 0.3) is 22.2 Å². The van der Waals surface area contributed by atoms with Gasteiger partial charge in [-0.1, -0.05) is 12.1 Å². The molecular formula is C17H12FNO3. The molecule has 0 saturated carbocycles. The summed E-state index contributed by atoms with van der Waals surface area (Å²) in [6.07, 6.45) is 0. The summed E-state index contributed by atoms with van der Waals surface area (Å²) in [4.78, 5) is 26.8. The van der Waals surface area contributed by atoms with Crippen LogP contribution in [0, 0.1) is 5.82 Å². The van der Waals surface area contributed by atoms with E-state index in [4.69, 9.17) is 0 Å². The van der Waals surface area contributed by atoms with E-state index in [1.807, 2.05) is 0 Å². The van der Waals surface area contributed by atoms with Gasteiger partial charge in [0.25, 0.3) is 0 Å². The van der Waals surface area contributed by atoms with Gasteiger partial charge in [0.2, 0.25) is 0 Å². The van der Waals surface area contributed by atoms with E-state index in [0.717, 1.165) is 0 Å². The van der Waals surface area contributed by atoms with Gasteiger partial charge < -0.3 is 9.72 Å². The predicted molar refractivity (Wildman–Crippen MR) is 81.3 cm³/mol. The number of methoxy groups -OCH3 is 1. The number of halogens is 1. The molecule has 0 aliphatic heterocycles. The number of aromatic nitrogens is 1. The second-order valence-electron chi connectivity index (χ2n) is 4.81. The maximum Gasteiger partial charge on any atom is 0.337 e. The van der Waals surface area contributed by atoms with Crippen molar-refractivity contribution in [1.29, 1.82) is 0 Å². The Labute approximate surface area is 125 Å². The van der Waals surface area contributed by atoms with Crippen molar-refractivity contribution in [3.63, 3.8) is 0 Å². The van der Waals surface area contributed by atoms with Gasteiger partial charge >= 0.3 is 5.97 Å². The summed E-state index contributed by atoms with van der Waals surface area (Å²) in [6, 6.07) is 12.0. The van der Waals surface area contributed by atoms with Gasteiger partial charge in [-0.2, -0.15) is 0 Å². The minimum absolute atomic E-state index is 0.251. The molecule has 0 aliphatic rings. The molecule has 22 heavy (non-hydrogen) atoms. The van der Waals surface area contributed by atoms with Crippen LogP contribution in [-0.2, 0) is 4.74 Å². The van der Waals surface area contributed by atoms with Crippen LogP contribution in [0.4, 0.5) is 4.39 Å². The Bertz CT molecular complexity index is 931. The van der Waals surface area contributed by atoms with E-state index in [1.54, 1.807) is 24.3 Å². The average molecular weight is 297 g/mol. The minimum Gasteiger partial charge on any atom is -0.465 e. The number of hydrogen-bond donors (Lipinski definition) is 1. The highest BCUT2D eigenvalue weighted by molar-refractivity contribution is 5.94. The molecule has 0 bridgehead atoms. The highest BCUT2D eigenvalue weighted by atomic mass is 19.1. The summed E-state index contributed by atoms with van der Waals surface area (Å²) in [5, 5.41) is 0.378. The summed E-state index contributed by atoms with van der Waals surface area (Å²) in [5.41, 5.74) is 1.72. The Kier molecular flexibility index (Phi) is 3.47. The average Bonchev–Trinajstić information content (AvgIpc) is 2.53. The third-order valence-electron chi connectivity index (χ3n) is 3.39. The largest absolute Gasteiger partial charge is 0.465 e. The Morgan fingerprint density at radius 3 is 2.68 bits per heavy atom. The molecular weight excluding hydrogens is 285 g/mol. The van der Waals surface area contributed by atoms with Gasteiger partial charge in [-0.25, -0.2) is 9.18 Å². The number of H-pyrrole nitrogens is 1. The molecule has 4 nitrogen and oxygen atoms in total. The van der Waals surface area contributed by atoms with E-state index in [0.29, 0.717) is 27.7 Å². The van der Waals surface area contributed by atoms with E-state index in [1.165, 1.54) is 31.4 Å². The van der Waals surface area contributed by atoms with Crippen LogP contribution in [0.15, 0.2) is 53.3 Å². The van der Waals surface area contributed by atoms with Crippen LogP contribution < -0.4 is 5.43 Å². The highest BCUT2D eigenvalue weighted by Crippen LogP contribution is 2.20. The molecule has 5 heteroatoms. The number of benzene rings is 2. The van der Waals surface area contributed by atoms with Crippen molar-refractivity contribution in [2.75, 3.05) is 7.11 Å². The lowest BCUT2D eigenvalue weighted by Crippen LogP contribution is -2.06. The Hall–Kier alpha value is -2.95. The van der Waals surface area contributed by atoms with E-state index >= 15 is 0 Å². The zero-order valence-electron chi connectivity index (χ0n) is 11.7. The van der Waals surface area contributed by atoms with Crippen LogP contribution in [0.1, 0.15) is 10.4 Å². The van der Waals surface area contributed by atoms with Crippen molar-refractivity contribution in [1.82, 2.24) is 4.98 Å². The van der Waals surface area contributed by atoms with E-state index in [2.05, 4.69) is 9.72 Å². The van der Waals surface area contributed by atoms with Crippen molar-refractivity contribution in [2.45, 2.75) is 0 Å². The molecule has 2 aromatic carbocycles. The fourth-order valence-corrected chi connectivity index (χ4v) is 2.30. The number of aromatic amines is 1. The SMILES string of the molecule is COC(=O)c1ccc2[nH]c(-c3cccc(F)c3)cc(=O)c2c1. The lowest BCUT2D eigenvalue weighted by atomic mass is 10.1. The number of ether oxygens (including phenoxy) is 1. The number of rotatable bonds is 2. The molecule has 0 amide bonds. The van der Waals surface area contributed by atoms with Crippen molar-refractivity contribution in [3.8, 4) is 11.3 Å². The van der Waals surface area contributed by atoms with Crippen molar-refractivity contribution < 1.29 is 13.9 Å². The van der Waals surface area contributed by atoms with Crippen molar-refractivity contribution >= 4 is 16.9 Å². The molecule has 110 valence electrons. The summed E-state index contributed by atoms with van der Waals surface area (Å²) in [6.45, 7) is 0. The number of carbonyl (C=O) groups is 1. The number of nitrogens with one attached hydrogen (secondary N) is 1. The van der Waals surface area contributed by atoms with E-state index < -0.39 is 5.97 Å². The van der Waals surface area contributed by atoms with Crippen LogP contribution in [0.5, 0.6) is 0 Å². The molecule has 0 unspecified atom stereocenters. The summed E-state index contributed by atoms with van der Waals surface area (Å²) < 4.78 is 17.9. The normalized spacial score (nSPS) is 10.6. The van der Waals surface area contributed by atoms with Gasteiger partial charge in [0, 0.05) is 28.2 Å². The third kappa shape index (κ3) is 2.48. The molecule has 0 fully saturated rings. The maximum atomic E-state index is 13.3. The lowest BCUT2D eigenvalue weighted by molar-refractivity contribution is 0.0601. The van der Waals surface area contributed by atoms with Gasteiger partial charge in [0.1, 0.15) is 5.82 Å². The molecule has 1 N–H and O–H groups in total. The second kappa shape index (κ2) is 5.44. The standard InChI is InChI=1S/C17H12FNO3/c1-22-17(21)11-5-6-14-13(8-11)16(20)9-15(19-14)10-3-2-4-12(18)7-10/h2-9H,1H3,(H,19,20). The van der Waals surface area contributed by atoms with Crippen molar-refractivity contribution in [3.05, 3.63) is 70.1 Å². The smallest absolute Gasteiger partial charge is 0.337 e. The number of esters is 1. The van der Waals surface area contributed by atoms with Crippen LogP contribution in [0.2, 0.25) is 0 Å². The van der Waals surface area contributed by atoms with E-state index in [-0.39, 0.29) is 11.2 Å². The second-order valence-corrected chi connectivity index (χ2v) is 4.81. The van der Waals surface area contributed by atoms with Gasteiger partial charge in [0.05, 0.1) is 12.7 Å². The molecule has 0 saturated heterocycles. The summed E-state index contributed by atoms with van der Waals surface area (Å²) >= 11 is 0. The number of carbonyl (C=O) groups excluding carboxylic acids is 1. The minimum atomic E-state index is -0.504. The number of fused-ring (bicyclic) bond motifs is 1. The molecule has 0 spiro atoms. The van der Waals surface area contributed by atoms with Crippen LogP contribution >= 0.6 is 0 Å². The first-order valence-corrected chi connectivity index (χ1v) is 6.60. The molecule has 3 rings (SSSR count). The first-order chi connectivity index (χ1) is 10.6. The van der Waals surface area contributed by atoms with Crippen molar-refractivity contribution in [2.24, 2.45) is 0 Å². The Balaban J connectivity index is 2.18. The third-order valence-corrected chi connectivity index (χ3v) is 3.39. The first kappa shape index (κ1) is 14.0. The van der Waals surface area contributed by atoms with Crippen LogP contribution in [0.3, 0.4) is 0 Å². The summed E-state index contributed by atoms with van der Waals surface area (Å²) in [7, 11) is 1.28. The Morgan fingerprint density at radius 2 is 1.95 bits per heavy atom. The zero-order chi connectivity index (χ0) is 15.7. The quantitative estimate of drug-likeness (QED) is 0.739. The fourth-order valence-electron chi connectivity index (χ4n) is 2.30. The molecule has 3 aromatic rings. The van der Waals surface area contributed by atoms with E-state index in [9.17, 15) is 14.0 Å². The number of pyridine rings is 1. The monoisotopic (exact) mass is 297 g/mol. The molecule has 0 aliphatic carbocycles. The van der Waals surface area contributed by atoms with Gasteiger partial charge in [-0.05, 0) is 30.3 Å². The predicted octanol–water partition coefficient (Wildman–Crippen LogP) is 3.12. The molecule has 1 aromatic heterocycles. The van der Waals surface area contributed by atoms with Crippen LogP contribution in [-0.4, -0.2) is 18.1 Å². The molecule has 1 heterocycles. The number of hydrogen-bond acceptors (Lipinski definition) is 3.